The molecule has 0 radical (unpaired) electrons. The van der Waals surface area contributed by atoms with Gasteiger partial charge in [0.15, 0.2) is 0 Å². The van der Waals surface area contributed by atoms with E-state index < -0.39 is 0 Å². The number of allylic oxidation sites excluding steroid dienone is 2. The first-order chi connectivity index (χ1) is 6.63. The second-order valence-electron chi connectivity index (χ2n) is 5.47. The lowest BCUT2D eigenvalue weighted by molar-refractivity contribution is 0.172. The molecule has 0 heterocycles. The largest absolute Gasteiger partial charge is 0.198 e. The Morgan fingerprint density at radius 1 is 1.43 bits per heavy atom. The van der Waals surface area contributed by atoms with Gasteiger partial charge in [0.1, 0.15) is 0 Å². The van der Waals surface area contributed by atoms with Crippen molar-refractivity contribution in [1.29, 1.82) is 5.26 Å². The molecule has 1 saturated carbocycles. The summed E-state index contributed by atoms with van der Waals surface area (Å²) < 4.78 is 0. The van der Waals surface area contributed by atoms with Crippen molar-refractivity contribution in [3.63, 3.8) is 0 Å². The lowest BCUT2D eigenvalue weighted by atomic mass is 9.62. The van der Waals surface area contributed by atoms with Crippen LogP contribution in [-0.2, 0) is 0 Å². The summed E-state index contributed by atoms with van der Waals surface area (Å²) in [5.41, 5.74) is 2.06. The lowest BCUT2D eigenvalue weighted by Crippen LogP contribution is -2.32. The second-order valence-corrected chi connectivity index (χ2v) is 5.47. The van der Waals surface area contributed by atoms with Gasteiger partial charge in [-0.25, -0.2) is 0 Å². The van der Waals surface area contributed by atoms with Crippen LogP contribution in [-0.4, -0.2) is 0 Å². The van der Waals surface area contributed by atoms with Crippen molar-refractivity contribution in [2.45, 2.75) is 46.0 Å². The van der Waals surface area contributed by atoms with E-state index >= 15 is 0 Å². The maximum absolute atomic E-state index is 8.93. The van der Waals surface area contributed by atoms with Gasteiger partial charge in [-0.1, -0.05) is 25.5 Å². The van der Waals surface area contributed by atoms with Gasteiger partial charge < -0.3 is 0 Å². The molecule has 0 saturated heterocycles. The minimum absolute atomic E-state index is 0.298. The molecule has 76 valence electrons. The molecule has 2 aliphatic rings. The summed E-state index contributed by atoms with van der Waals surface area (Å²) in [6.45, 7) is 4.77. The monoisotopic (exact) mass is 189 g/mol. The van der Waals surface area contributed by atoms with Crippen LogP contribution in [0.25, 0.3) is 0 Å². The molecule has 0 aliphatic heterocycles. The third kappa shape index (κ3) is 1.59. The van der Waals surface area contributed by atoms with Crippen molar-refractivity contribution in [3.8, 4) is 6.07 Å². The van der Waals surface area contributed by atoms with Gasteiger partial charge in [0.2, 0.25) is 0 Å². The zero-order valence-corrected chi connectivity index (χ0v) is 9.21. The van der Waals surface area contributed by atoms with E-state index in [0.29, 0.717) is 11.3 Å². The lowest BCUT2D eigenvalue weighted by Gasteiger charge is -2.43. The van der Waals surface area contributed by atoms with Gasteiger partial charge in [-0.3, -0.25) is 0 Å². The highest BCUT2D eigenvalue weighted by molar-refractivity contribution is 5.19. The van der Waals surface area contributed by atoms with Crippen LogP contribution in [0.2, 0.25) is 0 Å². The van der Waals surface area contributed by atoms with Gasteiger partial charge in [0.25, 0.3) is 0 Å². The minimum atomic E-state index is 0.298. The average molecular weight is 189 g/mol. The maximum Gasteiger partial charge on any atom is 0.0659 e. The fourth-order valence-electron chi connectivity index (χ4n) is 3.11. The van der Waals surface area contributed by atoms with Gasteiger partial charge >= 0.3 is 0 Å². The van der Waals surface area contributed by atoms with Gasteiger partial charge in [-0.05, 0) is 43.4 Å². The van der Waals surface area contributed by atoms with Crippen molar-refractivity contribution in [2.75, 3.05) is 0 Å². The van der Waals surface area contributed by atoms with Crippen molar-refractivity contribution in [3.05, 3.63) is 11.6 Å². The highest BCUT2D eigenvalue weighted by atomic mass is 14.4. The van der Waals surface area contributed by atoms with E-state index in [0.717, 1.165) is 18.8 Å². The summed E-state index contributed by atoms with van der Waals surface area (Å²) in [6.07, 6.45) is 8.33. The predicted molar refractivity (Wildman–Crippen MR) is 57.5 cm³/mol. The Balaban J connectivity index is 2.18. The molecule has 2 unspecified atom stereocenters. The normalized spacial score (nSPS) is 35.4. The van der Waals surface area contributed by atoms with E-state index in [1.807, 2.05) is 0 Å². The molecule has 0 amide bonds. The van der Waals surface area contributed by atoms with Gasteiger partial charge in [0, 0.05) is 0 Å². The SMILES string of the molecule is CC1(C)CCC=C2CC(C#N)CCC21. The number of hydrogen-bond donors (Lipinski definition) is 0. The number of nitrogens with zero attached hydrogens (tertiary/aromatic N) is 1. The topological polar surface area (TPSA) is 23.8 Å². The van der Waals surface area contributed by atoms with E-state index in [1.54, 1.807) is 5.57 Å². The third-order valence-corrected chi connectivity index (χ3v) is 4.05. The molecule has 2 aliphatic carbocycles. The van der Waals surface area contributed by atoms with Crippen LogP contribution in [0.15, 0.2) is 11.6 Å². The molecule has 2 atom stereocenters. The highest BCUT2D eigenvalue weighted by Crippen LogP contribution is 2.48. The molecular formula is C13H19N. The number of fused-ring (bicyclic) bond motifs is 1. The van der Waals surface area contributed by atoms with E-state index in [2.05, 4.69) is 26.0 Å². The average Bonchev–Trinajstić information content (AvgIpc) is 2.16. The molecule has 0 aromatic carbocycles. The molecule has 1 heteroatoms. The van der Waals surface area contributed by atoms with E-state index in [1.165, 1.54) is 19.3 Å². The van der Waals surface area contributed by atoms with E-state index in [4.69, 9.17) is 5.26 Å². The van der Waals surface area contributed by atoms with Gasteiger partial charge in [-0.15, -0.1) is 0 Å². The molecule has 0 aromatic heterocycles. The molecule has 0 aromatic rings. The standard InChI is InChI=1S/C13H19N/c1-13(2)7-3-4-11-8-10(9-14)5-6-12(11)13/h4,10,12H,3,5-8H2,1-2H3. The zero-order valence-electron chi connectivity index (χ0n) is 9.21. The Labute approximate surface area is 86.8 Å². The minimum Gasteiger partial charge on any atom is -0.198 e. The number of nitriles is 1. The molecule has 0 N–H and O–H groups in total. The molecule has 1 nitrogen and oxygen atoms in total. The maximum atomic E-state index is 8.93. The first-order valence-corrected chi connectivity index (χ1v) is 5.72. The first kappa shape index (κ1) is 9.77. The third-order valence-electron chi connectivity index (χ3n) is 4.05. The molecule has 0 bridgehead atoms. The van der Waals surface area contributed by atoms with Crippen LogP contribution in [0.1, 0.15) is 46.0 Å². The number of hydrogen-bond acceptors (Lipinski definition) is 1. The van der Waals surface area contributed by atoms with Gasteiger partial charge in [-0.2, -0.15) is 5.26 Å². The summed E-state index contributed by atoms with van der Waals surface area (Å²) in [5, 5.41) is 8.93. The Morgan fingerprint density at radius 2 is 2.21 bits per heavy atom. The van der Waals surface area contributed by atoms with Gasteiger partial charge in [0.05, 0.1) is 12.0 Å². The predicted octanol–water partition coefficient (Wildman–Crippen LogP) is 3.67. The first-order valence-electron chi connectivity index (χ1n) is 5.72. The van der Waals surface area contributed by atoms with Crippen LogP contribution < -0.4 is 0 Å². The Bertz CT molecular complexity index is 293. The van der Waals surface area contributed by atoms with Crippen LogP contribution in [0.3, 0.4) is 0 Å². The smallest absolute Gasteiger partial charge is 0.0659 e. The number of rotatable bonds is 0. The van der Waals surface area contributed by atoms with Crippen LogP contribution in [0, 0.1) is 28.6 Å². The van der Waals surface area contributed by atoms with Crippen LogP contribution >= 0.6 is 0 Å². The fourth-order valence-corrected chi connectivity index (χ4v) is 3.11. The summed E-state index contributed by atoms with van der Waals surface area (Å²) in [4.78, 5) is 0. The Hall–Kier alpha value is -0.770. The molecule has 2 rings (SSSR count). The molecule has 14 heavy (non-hydrogen) atoms. The zero-order chi connectivity index (χ0) is 10.2. The highest BCUT2D eigenvalue weighted by Gasteiger charge is 2.37. The summed E-state index contributed by atoms with van der Waals surface area (Å²) in [5.74, 6) is 1.06. The molecule has 0 spiro atoms. The van der Waals surface area contributed by atoms with Crippen molar-refractivity contribution >= 4 is 0 Å². The molecule has 1 fully saturated rings. The van der Waals surface area contributed by atoms with E-state index in [-0.39, 0.29) is 0 Å². The van der Waals surface area contributed by atoms with E-state index in [9.17, 15) is 0 Å². The quantitative estimate of drug-likeness (QED) is 0.533. The fraction of sp³-hybridized carbons (Fsp3) is 0.769. The van der Waals surface area contributed by atoms with Crippen molar-refractivity contribution < 1.29 is 0 Å². The van der Waals surface area contributed by atoms with Crippen molar-refractivity contribution in [1.82, 2.24) is 0 Å². The van der Waals surface area contributed by atoms with Crippen LogP contribution in [0.4, 0.5) is 0 Å². The Morgan fingerprint density at radius 3 is 2.93 bits per heavy atom. The molecular weight excluding hydrogens is 170 g/mol. The van der Waals surface area contributed by atoms with Crippen molar-refractivity contribution in [2.24, 2.45) is 17.3 Å². The van der Waals surface area contributed by atoms with Crippen LogP contribution in [0.5, 0.6) is 0 Å². The summed E-state index contributed by atoms with van der Waals surface area (Å²) in [6, 6.07) is 2.42. The summed E-state index contributed by atoms with van der Waals surface area (Å²) >= 11 is 0. The Kier molecular flexibility index (Phi) is 2.39. The summed E-state index contributed by atoms with van der Waals surface area (Å²) in [7, 11) is 0. The second kappa shape index (κ2) is 3.42.